The van der Waals surface area contributed by atoms with Crippen LogP contribution in [0.1, 0.15) is 12.0 Å². The van der Waals surface area contributed by atoms with Crippen LogP contribution in [0.3, 0.4) is 0 Å². The van der Waals surface area contributed by atoms with Crippen molar-refractivity contribution in [2.45, 2.75) is 13.0 Å². The Balaban J connectivity index is 1.51. The zero-order valence-electron chi connectivity index (χ0n) is 9.95. The SMILES string of the molecule is Brc1cc(CNCCCN2CCOCC2)cs1. The Morgan fingerprint density at radius 3 is 2.94 bits per heavy atom. The maximum absolute atomic E-state index is 5.33. The highest BCUT2D eigenvalue weighted by Gasteiger charge is 2.08. The minimum absolute atomic E-state index is 0.899. The fourth-order valence-electron chi connectivity index (χ4n) is 1.92. The molecule has 0 aliphatic carbocycles. The lowest BCUT2D eigenvalue weighted by Gasteiger charge is -2.26. The van der Waals surface area contributed by atoms with Crippen LogP contribution in [0.25, 0.3) is 0 Å². The average molecular weight is 319 g/mol. The van der Waals surface area contributed by atoms with Gasteiger partial charge in [-0.15, -0.1) is 11.3 Å². The number of hydrogen-bond donors (Lipinski definition) is 1. The van der Waals surface area contributed by atoms with Crippen LogP contribution in [-0.4, -0.2) is 44.3 Å². The molecule has 1 aliphatic rings. The Morgan fingerprint density at radius 2 is 2.24 bits per heavy atom. The van der Waals surface area contributed by atoms with Crippen molar-refractivity contribution in [1.82, 2.24) is 10.2 Å². The number of nitrogens with zero attached hydrogens (tertiary/aromatic N) is 1. The number of morpholine rings is 1. The van der Waals surface area contributed by atoms with Crippen LogP contribution in [-0.2, 0) is 11.3 Å². The molecule has 0 amide bonds. The van der Waals surface area contributed by atoms with Gasteiger partial charge in [0, 0.05) is 19.6 Å². The van der Waals surface area contributed by atoms with Crippen molar-refractivity contribution in [2.75, 3.05) is 39.4 Å². The summed E-state index contributed by atoms with van der Waals surface area (Å²) < 4.78 is 6.54. The highest BCUT2D eigenvalue weighted by molar-refractivity contribution is 9.11. The van der Waals surface area contributed by atoms with Crippen molar-refractivity contribution in [3.63, 3.8) is 0 Å². The van der Waals surface area contributed by atoms with Gasteiger partial charge in [0.2, 0.25) is 0 Å². The number of thiophene rings is 1. The zero-order valence-corrected chi connectivity index (χ0v) is 12.4. The van der Waals surface area contributed by atoms with Crippen LogP contribution in [0.4, 0.5) is 0 Å². The van der Waals surface area contributed by atoms with E-state index in [1.54, 1.807) is 11.3 Å². The minimum atomic E-state index is 0.899. The first-order valence-electron chi connectivity index (χ1n) is 6.08. The summed E-state index contributed by atoms with van der Waals surface area (Å²) in [6, 6.07) is 2.18. The molecule has 96 valence electrons. The molecule has 2 heterocycles. The van der Waals surface area contributed by atoms with E-state index >= 15 is 0 Å². The second-order valence-corrected chi connectivity index (χ2v) is 6.53. The molecule has 0 unspecified atom stereocenters. The van der Waals surface area contributed by atoms with Gasteiger partial charge >= 0.3 is 0 Å². The van der Waals surface area contributed by atoms with Gasteiger partial charge in [0.15, 0.2) is 0 Å². The molecule has 1 saturated heterocycles. The van der Waals surface area contributed by atoms with Gasteiger partial charge in [-0.1, -0.05) is 0 Å². The van der Waals surface area contributed by atoms with Gasteiger partial charge in [0.1, 0.15) is 0 Å². The summed E-state index contributed by atoms with van der Waals surface area (Å²) >= 11 is 5.22. The summed E-state index contributed by atoms with van der Waals surface area (Å²) in [7, 11) is 0. The van der Waals surface area contributed by atoms with Gasteiger partial charge in [-0.05, 0) is 52.5 Å². The summed E-state index contributed by atoms with van der Waals surface area (Å²) in [6.45, 7) is 7.24. The Morgan fingerprint density at radius 1 is 1.41 bits per heavy atom. The summed E-state index contributed by atoms with van der Waals surface area (Å²) in [4.78, 5) is 2.48. The summed E-state index contributed by atoms with van der Waals surface area (Å²) in [5.74, 6) is 0. The molecule has 0 aromatic carbocycles. The fourth-order valence-corrected chi connectivity index (χ4v) is 3.13. The van der Waals surface area contributed by atoms with Gasteiger partial charge in [0.05, 0.1) is 17.0 Å². The molecule has 1 aliphatic heterocycles. The molecule has 0 saturated carbocycles. The summed E-state index contributed by atoms with van der Waals surface area (Å²) in [5.41, 5.74) is 1.37. The van der Waals surface area contributed by atoms with E-state index in [0.717, 1.165) is 39.4 Å². The second kappa shape index (κ2) is 7.48. The standard InChI is InChI=1S/C12H19BrN2OS/c13-12-8-11(10-17-12)9-14-2-1-3-15-4-6-16-7-5-15/h8,10,14H,1-7,9H2. The molecule has 1 fully saturated rings. The zero-order chi connectivity index (χ0) is 11.9. The van der Waals surface area contributed by atoms with E-state index in [1.165, 1.54) is 22.3 Å². The molecule has 0 atom stereocenters. The third-order valence-corrected chi connectivity index (χ3v) is 4.44. The van der Waals surface area contributed by atoms with Crippen LogP contribution >= 0.6 is 27.3 Å². The van der Waals surface area contributed by atoms with Crippen molar-refractivity contribution in [3.8, 4) is 0 Å². The lowest BCUT2D eigenvalue weighted by Crippen LogP contribution is -2.37. The molecule has 3 nitrogen and oxygen atoms in total. The molecule has 0 bridgehead atoms. The Hall–Kier alpha value is 0.0600. The lowest BCUT2D eigenvalue weighted by molar-refractivity contribution is 0.0374. The number of rotatable bonds is 6. The first kappa shape index (κ1) is 13.5. The van der Waals surface area contributed by atoms with Crippen molar-refractivity contribution < 1.29 is 4.74 Å². The van der Waals surface area contributed by atoms with Crippen LogP contribution in [0.15, 0.2) is 15.2 Å². The second-order valence-electron chi connectivity index (χ2n) is 4.24. The minimum Gasteiger partial charge on any atom is -0.379 e. The quantitative estimate of drug-likeness (QED) is 0.815. The van der Waals surface area contributed by atoms with E-state index in [-0.39, 0.29) is 0 Å². The van der Waals surface area contributed by atoms with Crippen LogP contribution in [0.2, 0.25) is 0 Å². The van der Waals surface area contributed by atoms with Crippen molar-refractivity contribution in [1.29, 1.82) is 0 Å². The van der Waals surface area contributed by atoms with Crippen molar-refractivity contribution >= 4 is 27.3 Å². The molecule has 0 spiro atoms. The summed E-state index contributed by atoms with van der Waals surface area (Å²) in [6.07, 6.45) is 1.21. The fraction of sp³-hybridized carbons (Fsp3) is 0.667. The number of hydrogen-bond acceptors (Lipinski definition) is 4. The van der Waals surface area contributed by atoms with E-state index in [4.69, 9.17) is 4.74 Å². The lowest BCUT2D eigenvalue weighted by atomic mass is 10.3. The van der Waals surface area contributed by atoms with Crippen LogP contribution < -0.4 is 5.32 Å². The largest absolute Gasteiger partial charge is 0.379 e. The Labute approximate surface area is 115 Å². The normalized spacial score (nSPS) is 17.5. The third-order valence-electron chi connectivity index (χ3n) is 2.88. The molecule has 1 aromatic heterocycles. The third kappa shape index (κ3) is 5.06. The predicted molar refractivity (Wildman–Crippen MR) is 75.6 cm³/mol. The van der Waals surface area contributed by atoms with E-state index in [1.807, 2.05) is 0 Å². The topological polar surface area (TPSA) is 24.5 Å². The van der Waals surface area contributed by atoms with E-state index < -0.39 is 0 Å². The monoisotopic (exact) mass is 318 g/mol. The number of halogens is 1. The first-order chi connectivity index (χ1) is 8.34. The highest BCUT2D eigenvalue weighted by Crippen LogP contribution is 2.20. The molecule has 1 N–H and O–H groups in total. The molecule has 0 radical (unpaired) electrons. The number of ether oxygens (including phenoxy) is 1. The van der Waals surface area contributed by atoms with Crippen molar-refractivity contribution in [3.05, 3.63) is 20.8 Å². The van der Waals surface area contributed by atoms with E-state index in [9.17, 15) is 0 Å². The van der Waals surface area contributed by atoms with Gasteiger partial charge in [0.25, 0.3) is 0 Å². The Kier molecular flexibility index (Phi) is 5.94. The molecule has 17 heavy (non-hydrogen) atoms. The predicted octanol–water partition coefficient (Wildman–Crippen LogP) is 2.32. The summed E-state index contributed by atoms with van der Waals surface area (Å²) in [5, 5.41) is 5.68. The van der Waals surface area contributed by atoms with Crippen LogP contribution in [0.5, 0.6) is 0 Å². The van der Waals surface area contributed by atoms with Crippen LogP contribution in [0, 0.1) is 0 Å². The van der Waals surface area contributed by atoms with Gasteiger partial charge in [-0.25, -0.2) is 0 Å². The van der Waals surface area contributed by atoms with E-state index in [2.05, 4.69) is 37.6 Å². The van der Waals surface area contributed by atoms with Crippen molar-refractivity contribution in [2.24, 2.45) is 0 Å². The smallest absolute Gasteiger partial charge is 0.0701 e. The first-order valence-corrected chi connectivity index (χ1v) is 7.75. The van der Waals surface area contributed by atoms with Gasteiger partial charge in [-0.2, -0.15) is 0 Å². The maximum Gasteiger partial charge on any atom is 0.0701 e. The van der Waals surface area contributed by atoms with E-state index in [0.29, 0.717) is 0 Å². The van der Waals surface area contributed by atoms with Gasteiger partial charge in [-0.3, -0.25) is 4.90 Å². The Bertz CT molecular complexity index is 326. The molecular formula is C12H19BrN2OS. The van der Waals surface area contributed by atoms with Gasteiger partial charge < -0.3 is 10.1 Å². The molecule has 2 rings (SSSR count). The molecule has 5 heteroatoms. The highest BCUT2D eigenvalue weighted by atomic mass is 79.9. The average Bonchev–Trinajstić information content (AvgIpc) is 2.76. The molecule has 1 aromatic rings. The molecular weight excluding hydrogens is 300 g/mol. The number of nitrogens with one attached hydrogen (secondary N) is 1. The maximum atomic E-state index is 5.33.